The van der Waals surface area contributed by atoms with Gasteiger partial charge < -0.3 is 19.7 Å². The summed E-state index contributed by atoms with van der Waals surface area (Å²) in [4.78, 5) is 22.2. The molecule has 0 atom stereocenters. The minimum Gasteiger partial charge on any atom is -0.493 e. The van der Waals surface area contributed by atoms with Crippen LogP contribution in [-0.4, -0.2) is 56.2 Å². The third-order valence-corrected chi connectivity index (χ3v) is 4.10. The minimum absolute atomic E-state index is 0.330. The summed E-state index contributed by atoms with van der Waals surface area (Å²) < 4.78 is 34.9. The molecule has 0 unspecified atom stereocenters. The number of anilines is 1. The fourth-order valence-corrected chi connectivity index (χ4v) is 2.76. The Morgan fingerprint density at radius 1 is 1.28 bits per heavy atom. The number of carbonyl (C=O) groups excluding carboxylic acids is 1. The highest BCUT2D eigenvalue weighted by atomic mass is 19.3. The highest BCUT2D eigenvalue weighted by molar-refractivity contribution is 5.93. The van der Waals surface area contributed by atoms with Crippen molar-refractivity contribution in [1.82, 2.24) is 15.3 Å². The second-order valence-electron chi connectivity index (χ2n) is 5.66. The number of benzene rings is 1. The summed E-state index contributed by atoms with van der Waals surface area (Å²) in [6.45, 7) is 0.202. The van der Waals surface area contributed by atoms with Gasteiger partial charge in [0.15, 0.2) is 11.5 Å². The van der Waals surface area contributed by atoms with Crippen LogP contribution in [0.25, 0.3) is 10.9 Å². The zero-order valence-corrected chi connectivity index (χ0v) is 13.8. The van der Waals surface area contributed by atoms with Crippen LogP contribution < -0.4 is 19.7 Å². The monoisotopic (exact) mass is 352 g/mol. The number of carbonyl (C=O) groups is 1. The largest absolute Gasteiger partial charge is 0.493 e. The first-order valence-corrected chi connectivity index (χ1v) is 7.71. The summed E-state index contributed by atoms with van der Waals surface area (Å²) >= 11 is 0. The number of methoxy groups -OCH3 is 2. The zero-order valence-electron chi connectivity index (χ0n) is 13.8. The Hall–Kier alpha value is -2.71. The van der Waals surface area contributed by atoms with Gasteiger partial charge in [-0.3, -0.25) is 4.79 Å². The number of hydrogen-bond acceptors (Lipinski definition) is 6. The van der Waals surface area contributed by atoms with Gasteiger partial charge in [-0.1, -0.05) is 0 Å². The van der Waals surface area contributed by atoms with Crippen LogP contribution in [0.15, 0.2) is 18.5 Å². The van der Waals surface area contributed by atoms with E-state index in [1.165, 1.54) is 6.33 Å². The molecule has 1 amide bonds. The molecule has 1 aromatic carbocycles. The van der Waals surface area contributed by atoms with Crippen LogP contribution in [-0.2, 0) is 4.79 Å². The van der Waals surface area contributed by atoms with Crippen molar-refractivity contribution in [2.75, 3.05) is 38.8 Å². The summed E-state index contributed by atoms with van der Waals surface area (Å²) in [6.07, 6.45) is -1.11. The molecule has 9 heteroatoms. The Bertz CT molecular complexity index is 781. The molecule has 1 aliphatic heterocycles. The molecule has 134 valence electrons. The van der Waals surface area contributed by atoms with Crippen molar-refractivity contribution in [3.8, 4) is 11.5 Å². The van der Waals surface area contributed by atoms with Crippen LogP contribution in [0.2, 0.25) is 0 Å². The molecular formula is C16H18F2N4O3. The van der Waals surface area contributed by atoms with Crippen LogP contribution in [0, 0.1) is 5.92 Å². The lowest BCUT2D eigenvalue weighted by atomic mass is 9.98. The van der Waals surface area contributed by atoms with E-state index in [-0.39, 0.29) is 11.8 Å². The van der Waals surface area contributed by atoms with Crippen LogP contribution >= 0.6 is 0 Å². The molecule has 0 saturated carbocycles. The number of aromatic nitrogens is 2. The van der Waals surface area contributed by atoms with Crippen LogP contribution in [0.1, 0.15) is 0 Å². The minimum atomic E-state index is -2.55. The van der Waals surface area contributed by atoms with E-state index >= 15 is 0 Å². The molecular weight excluding hydrogens is 334 g/mol. The molecule has 1 aromatic heterocycles. The van der Waals surface area contributed by atoms with Crippen molar-refractivity contribution >= 4 is 22.6 Å². The van der Waals surface area contributed by atoms with E-state index in [4.69, 9.17) is 9.47 Å². The number of alkyl halides is 2. The summed E-state index contributed by atoms with van der Waals surface area (Å²) in [6, 6.07) is 3.54. The molecule has 3 rings (SSSR count). The standard InChI is InChI=1S/C16H18F2N4O3/c1-24-12-3-10-11(4-13(12)25-2)20-8-21-15(10)22-6-9(7-22)16(23)19-5-14(17)18/h3-4,8-9,14H,5-7H2,1-2H3,(H,19,23). The third-order valence-electron chi connectivity index (χ3n) is 4.10. The fourth-order valence-electron chi connectivity index (χ4n) is 2.76. The van der Waals surface area contributed by atoms with Crippen molar-refractivity contribution in [2.45, 2.75) is 6.43 Å². The number of fused-ring (bicyclic) bond motifs is 1. The van der Waals surface area contributed by atoms with Gasteiger partial charge in [-0.05, 0) is 6.07 Å². The van der Waals surface area contributed by atoms with Crippen molar-refractivity contribution in [1.29, 1.82) is 0 Å². The quantitative estimate of drug-likeness (QED) is 0.848. The van der Waals surface area contributed by atoms with Gasteiger partial charge in [0, 0.05) is 24.5 Å². The Balaban J connectivity index is 1.78. The normalized spacial score (nSPS) is 14.5. The van der Waals surface area contributed by atoms with Gasteiger partial charge in [0.25, 0.3) is 6.43 Å². The fraction of sp³-hybridized carbons (Fsp3) is 0.438. The molecule has 1 saturated heterocycles. The van der Waals surface area contributed by atoms with Gasteiger partial charge >= 0.3 is 0 Å². The molecule has 1 N–H and O–H groups in total. The molecule has 0 aliphatic carbocycles. The number of nitrogens with zero attached hydrogens (tertiary/aromatic N) is 3. The molecule has 1 fully saturated rings. The molecule has 2 aromatic rings. The average Bonchev–Trinajstić information content (AvgIpc) is 2.57. The van der Waals surface area contributed by atoms with Gasteiger partial charge in [-0.15, -0.1) is 0 Å². The Morgan fingerprint density at radius 3 is 2.60 bits per heavy atom. The van der Waals surface area contributed by atoms with Gasteiger partial charge in [-0.2, -0.15) is 0 Å². The Morgan fingerprint density at radius 2 is 1.96 bits per heavy atom. The van der Waals surface area contributed by atoms with Gasteiger partial charge in [-0.25, -0.2) is 18.7 Å². The predicted octanol–water partition coefficient (Wildman–Crippen LogP) is 1.46. The van der Waals surface area contributed by atoms with E-state index in [9.17, 15) is 13.6 Å². The molecule has 0 spiro atoms. The second-order valence-corrected chi connectivity index (χ2v) is 5.66. The first-order valence-electron chi connectivity index (χ1n) is 7.71. The van der Waals surface area contributed by atoms with Crippen molar-refractivity contribution in [3.05, 3.63) is 18.5 Å². The number of ether oxygens (including phenoxy) is 2. The lowest BCUT2D eigenvalue weighted by molar-refractivity contribution is -0.126. The maximum absolute atomic E-state index is 12.2. The molecule has 25 heavy (non-hydrogen) atoms. The molecule has 1 aliphatic rings. The van der Waals surface area contributed by atoms with E-state index in [1.54, 1.807) is 26.4 Å². The van der Waals surface area contributed by atoms with Crippen molar-refractivity contribution in [2.24, 2.45) is 5.92 Å². The SMILES string of the molecule is COc1cc2ncnc(N3CC(C(=O)NCC(F)F)C3)c2cc1OC. The van der Waals surface area contributed by atoms with Gasteiger partial charge in [0.1, 0.15) is 12.1 Å². The molecule has 0 bridgehead atoms. The lowest BCUT2D eigenvalue weighted by Crippen LogP contribution is -2.54. The predicted molar refractivity (Wildman–Crippen MR) is 87.4 cm³/mol. The van der Waals surface area contributed by atoms with Crippen LogP contribution in [0.4, 0.5) is 14.6 Å². The zero-order chi connectivity index (χ0) is 18.0. The first-order chi connectivity index (χ1) is 12.0. The maximum Gasteiger partial charge on any atom is 0.255 e. The number of amides is 1. The van der Waals surface area contributed by atoms with E-state index in [1.807, 2.05) is 4.90 Å². The van der Waals surface area contributed by atoms with Gasteiger partial charge in [0.2, 0.25) is 5.91 Å². The second kappa shape index (κ2) is 7.04. The highest BCUT2D eigenvalue weighted by Gasteiger charge is 2.34. The lowest BCUT2D eigenvalue weighted by Gasteiger charge is -2.39. The van der Waals surface area contributed by atoms with E-state index in [0.29, 0.717) is 35.9 Å². The van der Waals surface area contributed by atoms with E-state index < -0.39 is 13.0 Å². The average molecular weight is 352 g/mol. The van der Waals surface area contributed by atoms with Crippen molar-refractivity contribution in [3.63, 3.8) is 0 Å². The number of rotatable bonds is 6. The smallest absolute Gasteiger partial charge is 0.255 e. The summed E-state index contributed by atoms with van der Waals surface area (Å²) in [5, 5.41) is 3.01. The van der Waals surface area contributed by atoms with Gasteiger partial charge in [0.05, 0.1) is 32.2 Å². The molecule has 7 nitrogen and oxygen atoms in total. The summed E-state index contributed by atoms with van der Waals surface area (Å²) in [5.41, 5.74) is 0.688. The topological polar surface area (TPSA) is 76.6 Å². The van der Waals surface area contributed by atoms with E-state index in [0.717, 1.165) is 5.39 Å². The maximum atomic E-state index is 12.2. The number of halogens is 2. The number of hydrogen-bond donors (Lipinski definition) is 1. The number of nitrogens with one attached hydrogen (secondary N) is 1. The first kappa shape index (κ1) is 17.1. The Labute approximate surface area is 142 Å². The van der Waals surface area contributed by atoms with Crippen LogP contribution in [0.3, 0.4) is 0 Å². The highest BCUT2D eigenvalue weighted by Crippen LogP contribution is 2.36. The summed E-state index contributed by atoms with van der Waals surface area (Å²) in [5.74, 6) is 1.09. The molecule has 0 radical (unpaired) electrons. The van der Waals surface area contributed by atoms with Crippen LogP contribution in [0.5, 0.6) is 11.5 Å². The molecule has 2 heterocycles. The van der Waals surface area contributed by atoms with Crippen molar-refractivity contribution < 1.29 is 23.0 Å². The third kappa shape index (κ3) is 3.40. The summed E-state index contributed by atoms with van der Waals surface area (Å²) in [7, 11) is 3.09. The van der Waals surface area contributed by atoms with E-state index in [2.05, 4.69) is 15.3 Å². The Kier molecular flexibility index (Phi) is 4.82.